The number of amides is 1. The van der Waals surface area contributed by atoms with Gasteiger partial charge in [0.2, 0.25) is 5.91 Å². The lowest BCUT2D eigenvalue weighted by Crippen LogP contribution is -2.45. The van der Waals surface area contributed by atoms with Gasteiger partial charge in [0.1, 0.15) is 0 Å². The molecule has 1 aliphatic heterocycles. The predicted octanol–water partition coefficient (Wildman–Crippen LogP) is 1.71. The Balaban J connectivity index is 1.76. The SMILES string of the molecule is CCC1CCC(N(C)C(=O)CN2CCCNCC2)CC1. The third-order valence-corrected chi connectivity index (χ3v) is 5.13. The fourth-order valence-electron chi connectivity index (χ4n) is 3.51. The van der Waals surface area contributed by atoms with Crippen molar-refractivity contribution >= 4 is 5.91 Å². The van der Waals surface area contributed by atoms with Crippen molar-refractivity contribution in [1.29, 1.82) is 0 Å². The molecule has 1 aliphatic carbocycles. The Labute approximate surface area is 123 Å². The van der Waals surface area contributed by atoms with E-state index in [0.29, 0.717) is 18.5 Å². The minimum Gasteiger partial charge on any atom is -0.342 e. The molecular weight excluding hydrogens is 250 g/mol. The van der Waals surface area contributed by atoms with Crippen molar-refractivity contribution in [3.8, 4) is 0 Å². The quantitative estimate of drug-likeness (QED) is 0.852. The Bertz CT molecular complexity index is 292. The number of nitrogens with one attached hydrogen (secondary N) is 1. The van der Waals surface area contributed by atoms with Crippen molar-refractivity contribution < 1.29 is 4.79 Å². The van der Waals surface area contributed by atoms with E-state index < -0.39 is 0 Å². The lowest BCUT2D eigenvalue weighted by Gasteiger charge is -2.35. The first-order chi connectivity index (χ1) is 9.70. The van der Waals surface area contributed by atoms with Crippen molar-refractivity contribution in [2.24, 2.45) is 5.92 Å². The zero-order valence-corrected chi connectivity index (χ0v) is 13.2. The number of hydrogen-bond donors (Lipinski definition) is 1. The summed E-state index contributed by atoms with van der Waals surface area (Å²) >= 11 is 0. The number of nitrogens with zero attached hydrogens (tertiary/aromatic N) is 2. The van der Waals surface area contributed by atoms with Crippen LogP contribution in [0.2, 0.25) is 0 Å². The van der Waals surface area contributed by atoms with Gasteiger partial charge in [0.15, 0.2) is 0 Å². The summed E-state index contributed by atoms with van der Waals surface area (Å²) in [6, 6.07) is 0.482. The molecule has 0 unspecified atom stereocenters. The third-order valence-electron chi connectivity index (χ3n) is 5.13. The summed E-state index contributed by atoms with van der Waals surface area (Å²) in [5.41, 5.74) is 0. The molecule has 0 aromatic rings. The average molecular weight is 281 g/mol. The average Bonchev–Trinajstić information content (AvgIpc) is 2.75. The molecule has 2 aliphatic rings. The first-order valence-electron chi connectivity index (χ1n) is 8.39. The predicted molar refractivity (Wildman–Crippen MR) is 82.7 cm³/mol. The van der Waals surface area contributed by atoms with Gasteiger partial charge in [-0.05, 0) is 51.1 Å². The molecule has 0 radical (unpaired) electrons. The van der Waals surface area contributed by atoms with Gasteiger partial charge in [-0.3, -0.25) is 9.69 Å². The summed E-state index contributed by atoms with van der Waals surface area (Å²) < 4.78 is 0. The largest absolute Gasteiger partial charge is 0.342 e. The van der Waals surface area contributed by atoms with Crippen molar-refractivity contribution in [1.82, 2.24) is 15.1 Å². The maximum Gasteiger partial charge on any atom is 0.236 e. The molecule has 0 aromatic carbocycles. The summed E-state index contributed by atoms with van der Waals surface area (Å²) in [6.45, 7) is 7.04. The van der Waals surface area contributed by atoms with Crippen LogP contribution in [0.1, 0.15) is 45.4 Å². The van der Waals surface area contributed by atoms with E-state index in [9.17, 15) is 4.79 Å². The molecule has 20 heavy (non-hydrogen) atoms. The van der Waals surface area contributed by atoms with E-state index in [0.717, 1.165) is 38.5 Å². The molecule has 1 amide bonds. The summed E-state index contributed by atoms with van der Waals surface area (Å²) in [5.74, 6) is 1.21. The molecule has 0 atom stereocenters. The van der Waals surface area contributed by atoms with Gasteiger partial charge in [0.25, 0.3) is 0 Å². The van der Waals surface area contributed by atoms with Crippen molar-refractivity contribution in [2.75, 3.05) is 39.8 Å². The normalized spacial score (nSPS) is 28.9. The first-order valence-corrected chi connectivity index (χ1v) is 8.39. The smallest absolute Gasteiger partial charge is 0.236 e. The maximum atomic E-state index is 12.4. The van der Waals surface area contributed by atoms with Gasteiger partial charge in [-0.15, -0.1) is 0 Å². The van der Waals surface area contributed by atoms with Crippen LogP contribution >= 0.6 is 0 Å². The van der Waals surface area contributed by atoms with Gasteiger partial charge in [-0.1, -0.05) is 13.3 Å². The number of likely N-dealkylation sites (N-methyl/N-ethyl adjacent to an activating group) is 1. The highest BCUT2D eigenvalue weighted by molar-refractivity contribution is 5.78. The number of carbonyl (C=O) groups excluding carboxylic acids is 1. The Morgan fingerprint density at radius 3 is 2.65 bits per heavy atom. The summed E-state index contributed by atoms with van der Waals surface area (Å²) in [6.07, 6.45) is 7.44. The van der Waals surface area contributed by atoms with E-state index in [-0.39, 0.29) is 0 Å². The molecule has 4 nitrogen and oxygen atoms in total. The van der Waals surface area contributed by atoms with E-state index in [1.165, 1.54) is 32.1 Å². The van der Waals surface area contributed by atoms with E-state index in [4.69, 9.17) is 0 Å². The van der Waals surface area contributed by atoms with E-state index in [2.05, 4.69) is 17.1 Å². The molecule has 1 heterocycles. The van der Waals surface area contributed by atoms with Crippen LogP contribution < -0.4 is 5.32 Å². The van der Waals surface area contributed by atoms with Crippen LogP contribution in [0, 0.1) is 5.92 Å². The monoisotopic (exact) mass is 281 g/mol. The van der Waals surface area contributed by atoms with E-state index in [1.807, 2.05) is 11.9 Å². The summed E-state index contributed by atoms with van der Waals surface area (Å²) in [5, 5.41) is 3.39. The zero-order valence-electron chi connectivity index (χ0n) is 13.2. The molecule has 0 spiro atoms. The van der Waals surface area contributed by atoms with Crippen LogP contribution in [0.25, 0.3) is 0 Å². The number of carbonyl (C=O) groups is 1. The fourth-order valence-corrected chi connectivity index (χ4v) is 3.51. The van der Waals surface area contributed by atoms with Crippen LogP contribution in [-0.4, -0.2) is 61.5 Å². The van der Waals surface area contributed by atoms with Gasteiger partial charge < -0.3 is 10.2 Å². The second-order valence-electron chi connectivity index (χ2n) is 6.47. The minimum atomic E-state index is 0.312. The van der Waals surface area contributed by atoms with Crippen LogP contribution in [0.5, 0.6) is 0 Å². The molecule has 0 aromatic heterocycles. The highest BCUT2D eigenvalue weighted by Gasteiger charge is 2.26. The van der Waals surface area contributed by atoms with Gasteiger partial charge >= 0.3 is 0 Å². The topological polar surface area (TPSA) is 35.6 Å². The Morgan fingerprint density at radius 1 is 1.20 bits per heavy atom. The van der Waals surface area contributed by atoms with Crippen LogP contribution in [0.15, 0.2) is 0 Å². The Hall–Kier alpha value is -0.610. The molecular formula is C16H31N3O. The number of hydrogen-bond acceptors (Lipinski definition) is 3. The van der Waals surface area contributed by atoms with Crippen molar-refractivity contribution in [2.45, 2.75) is 51.5 Å². The summed E-state index contributed by atoms with van der Waals surface area (Å²) in [4.78, 5) is 16.8. The van der Waals surface area contributed by atoms with Crippen molar-refractivity contribution in [3.05, 3.63) is 0 Å². The fraction of sp³-hybridized carbons (Fsp3) is 0.938. The molecule has 2 fully saturated rings. The lowest BCUT2D eigenvalue weighted by molar-refractivity contribution is -0.133. The van der Waals surface area contributed by atoms with Gasteiger partial charge in [0, 0.05) is 26.2 Å². The second-order valence-corrected chi connectivity index (χ2v) is 6.47. The van der Waals surface area contributed by atoms with Crippen LogP contribution in [-0.2, 0) is 4.79 Å². The zero-order chi connectivity index (χ0) is 14.4. The van der Waals surface area contributed by atoms with Gasteiger partial charge in [0.05, 0.1) is 6.54 Å². The molecule has 1 saturated carbocycles. The van der Waals surface area contributed by atoms with Crippen molar-refractivity contribution in [3.63, 3.8) is 0 Å². The standard InChI is InChI=1S/C16H31N3O/c1-3-14-5-7-15(8-6-14)18(2)16(20)13-19-11-4-9-17-10-12-19/h14-15,17H,3-13H2,1-2H3. The first kappa shape index (κ1) is 15.8. The Kier molecular flexibility index (Phi) is 6.30. The molecule has 4 heteroatoms. The number of rotatable bonds is 4. The molecule has 2 rings (SSSR count). The highest BCUT2D eigenvalue weighted by Crippen LogP contribution is 2.28. The molecule has 1 saturated heterocycles. The molecule has 116 valence electrons. The molecule has 1 N–H and O–H groups in total. The van der Waals surface area contributed by atoms with Gasteiger partial charge in [-0.25, -0.2) is 0 Å². The van der Waals surface area contributed by atoms with Crippen LogP contribution in [0.4, 0.5) is 0 Å². The van der Waals surface area contributed by atoms with Crippen LogP contribution in [0.3, 0.4) is 0 Å². The van der Waals surface area contributed by atoms with Gasteiger partial charge in [-0.2, -0.15) is 0 Å². The minimum absolute atomic E-state index is 0.312. The molecule has 0 bridgehead atoms. The maximum absolute atomic E-state index is 12.4. The lowest BCUT2D eigenvalue weighted by atomic mass is 9.84. The summed E-state index contributed by atoms with van der Waals surface area (Å²) in [7, 11) is 2.01. The highest BCUT2D eigenvalue weighted by atomic mass is 16.2. The van der Waals surface area contributed by atoms with E-state index >= 15 is 0 Å². The second kappa shape index (κ2) is 7.99. The van der Waals surface area contributed by atoms with E-state index in [1.54, 1.807) is 0 Å². The third kappa shape index (κ3) is 4.45. The Morgan fingerprint density at radius 2 is 1.95 bits per heavy atom.